The summed E-state index contributed by atoms with van der Waals surface area (Å²) >= 11 is 0. The summed E-state index contributed by atoms with van der Waals surface area (Å²) in [7, 11) is 0. The van der Waals surface area contributed by atoms with Crippen molar-refractivity contribution >= 4 is 22.8 Å². The SMILES string of the molecule is CCc1cccc(CNC(=O)c2nc3cccc(COCc4cccc(C(=O)O)c4)c3c(=O)[nH]2)c1. The summed E-state index contributed by atoms with van der Waals surface area (Å²) in [5.41, 5.74) is 3.61. The maximum atomic E-state index is 12.8. The number of ether oxygens (including phenoxy) is 1. The second kappa shape index (κ2) is 10.8. The number of carbonyl (C=O) groups excluding carboxylic acids is 1. The van der Waals surface area contributed by atoms with E-state index >= 15 is 0 Å². The number of carboxylic acids is 1. The molecular weight excluding hydrogens is 446 g/mol. The number of hydrogen-bond acceptors (Lipinski definition) is 5. The smallest absolute Gasteiger partial charge is 0.335 e. The van der Waals surface area contributed by atoms with Gasteiger partial charge in [-0.1, -0.05) is 55.5 Å². The molecule has 0 aliphatic carbocycles. The molecular formula is C27H25N3O5. The third kappa shape index (κ3) is 5.80. The number of aromatic amines is 1. The number of carbonyl (C=O) groups is 2. The zero-order chi connectivity index (χ0) is 24.8. The number of rotatable bonds is 9. The summed E-state index contributed by atoms with van der Waals surface area (Å²) in [5, 5.41) is 12.3. The van der Waals surface area contributed by atoms with E-state index < -0.39 is 17.4 Å². The lowest BCUT2D eigenvalue weighted by molar-refractivity contribution is 0.0695. The topological polar surface area (TPSA) is 121 Å². The fraction of sp³-hybridized carbons (Fsp3) is 0.185. The number of aryl methyl sites for hydroxylation is 1. The number of benzene rings is 3. The van der Waals surface area contributed by atoms with Crippen LogP contribution in [0.3, 0.4) is 0 Å². The molecule has 4 rings (SSSR count). The first-order chi connectivity index (χ1) is 16.9. The van der Waals surface area contributed by atoms with Crippen molar-refractivity contribution < 1.29 is 19.4 Å². The predicted octanol–water partition coefficient (Wildman–Crippen LogP) is 3.83. The number of H-pyrrole nitrogens is 1. The molecule has 3 aromatic carbocycles. The first-order valence-electron chi connectivity index (χ1n) is 11.2. The molecule has 0 spiro atoms. The van der Waals surface area contributed by atoms with Crippen molar-refractivity contribution in [3.63, 3.8) is 0 Å². The normalized spacial score (nSPS) is 10.9. The van der Waals surface area contributed by atoms with Crippen molar-refractivity contribution in [2.75, 3.05) is 0 Å². The first-order valence-corrected chi connectivity index (χ1v) is 11.2. The van der Waals surface area contributed by atoms with Gasteiger partial charge in [0, 0.05) is 6.54 Å². The molecule has 0 aliphatic heterocycles. The van der Waals surface area contributed by atoms with E-state index in [1.807, 2.05) is 24.3 Å². The van der Waals surface area contributed by atoms with E-state index in [0.717, 1.165) is 12.0 Å². The van der Waals surface area contributed by atoms with Crippen LogP contribution in [0.4, 0.5) is 0 Å². The Morgan fingerprint density at radius 2 is 1.71 bits per heavy atom. The molecule has 4 aromatic rings. The molecule has 0 aliphatic rings. The van der Waals surface area contributed by atoms with Crippen LogP contribution in [0.1, 0.15) is 50.2 Å². The van der Waals surface area contributed by atoms with Gasteiger partial charge in [0.15, 0.2) is 5.82 Å². The van der Waals surface area contributed by atoms with Gasteiger partial charge in [0.2, 0.25) is 0 Å². The summed E-state index contributed by atoms with van der Waals surface area (Å²) in [6.07, 6.45) is 0.905. The Labute approximate surface area is 201 Å². The fourth-order valence-electron chi connectivity index (χ4n) is 3.79. The molecule has 178 valence electrons. The number of amides is 1. The van der Waals surface area contributed by atoms with Gasteiger partial charge in [-0.05, 0) is 46.9 Å². The Bertz CT molecular complexity index is 1440. The molecule has 0 atom stereocenters. The summed E-state index contributed by atoms with van der Waals surface area (Å²) < 4.78 is 5.73. The highest BCUT2D eigenvalue weighted by Crippen LogP contribution is 2.16. The van der Waals surface area contributed by atoms with Gasteiger partial charge in [0.25, 0.3) is 11.5 Å². The minimum Gasteiger partial charge on any atom is -0.478 e. The van der Waals surface area contributed by atoms with Crippen LogP contribution in [-0.4, -0.2) is 27.0 Å². The van der Waals surface area contributed by atoms with E-state index in [9.17, 15) is 14.4 Å². The van der Waals surface area contributed by atoms with E-state index in [0.29, 0.717) is 28.6 Å². The molecule has 0 unspecified atom stereocenters. The van der Waals surface area contributed by atoms with Crippen LogP contribution < -0.4 is 10.9 Å². The second-order valence-corrected chi connectivity index (χ2v) is 8.08. The lowest BCUT2D eigenvalue weighted by Gasteiger charge is -2.10. The highest BCUT2D eigenvalue weighted by Gasteiger charge is 2.14. The summed E-state index contributed by atoms with van der Waals surface area (Å²) in [6.45, 7) is 2.70. The van der Waals surface area contributed by atoms with Crippen LogP contribution in [0.25, 0.3) is 10.9 Å². The van der Waals surface area contributed by atoms with Crippen molar-refractivity contribution in [1.82, 2.24) is 15.3 Å². The first kappa shape index (κ1) is 23.8. The van der Waals surface area contributed by atoms with Crippen LogP contribution in [0, 0.1) is 0 Å². The molecule has 1 amide bonds. The Morgan fingerprint density at radius 1 is 0.971 bits per heavy atom. The number of aromatic carboxylic acids is 1. The number of carboxylic acid groups (broad SMARTS) is 1. The monoisotopic (exact) mass is 471 g/mol. The fourth-order valence-corrected chi connectivity index (χ4v) is 3.79. The van der Waals surface area contributed by atoms with E-state index in [1.54, 1.807) is 36.4 Å². The van der Waals surface area contributed by atoms with Crippen LogP contribution in [0.2, 0.25) is 0 Å². The third-order valence-corrected chi connectivity index (χ3v) is 5.59. The quantitative estimate of drug-likeness (QED) is 0.341. The maximum Gasteiger partial charge on any atom is 0.335 e. The van der Waals surface area contributed by atoms with Crippen molar-refractivity contribution in [3.05, 3.63) is 111 Å². The van der Waals surface area contributed by atoms with Gasteiger partial charge in [-0.3, -0.25) is 9.59 Å². The van der Waals surface area contributed by atoms with Gasteiger partial charge in [-0.2, -0.15) is 0 Å². The van der Waals surface area contributed by atoms with E-state index in [1.165, 1.54) is 11.6 Å². The molecule has 1 aromatic heterocycles. The Balaban J connectivity index is 1.46. The average molecular weight is 472 g/mol. The van der Waals surface area contributed by atoms with Gasteiger partial charge < -0.3 is 20.1 Å². The number of nitrogens with zero attached hydrogens (tertiary/aromatic N) is 1. The van der Waals surface area contributed by atoms with Crippen molar-refractivity contribution in [3.8, 4) is 0 Å². The highest BCUT2D eigenvalue weighted by molar-refractivity contribution is 5.93. The van der Waals surface area contributed by atoms with Crippen LogP contribution in [-0.2, 0) is 30.9 Å². The number of hydrogen-bond donors (Lipinski definition) is 3. The lowest BCUT2D eigenvalue weighted by atomic mass is 10.1. The standard InChI is InChI=1S/C27H25N3O5/c1-2-17-6-3-7-18(12-17)14-28-26(32)24-29-22-11-5-10-21(23(22)25(31)30-24)16-35-15-19-8-4-9-20(13-19)27(33)34/h3-13H,2,14-16H2,1H3,(H,28,32)(H,33,34)(H,29,30,31). The van der Waals surface area contributed by atoms with Crippen LogP contribution >= 0.6 is 0 Å². The molecule has 35 heavy (non-hydrogen) atoms. The number of nitrogens with one attached hydrogen (secondary N) is 2. The Morgan fingerprint density at radius 3 is 2.51 bits per heavy atom. The molecule has 0 saturated heterocycles. The average Bonchev–Trinajstić information content (AvgIpc) is 2.87. The predicted molar refractivity (Wildman–Crippen MR) is 131 cm³/mol. The molecule has 8 heteroatoms. The van der Waals surface area contributed by atoms with Gasteiger partial charge in [-0.25, -0.2) is 9.78 Å². The van der Waals surface area contributed by atoms with Gasteiger partial charge in [0.05, 0.1) is 29.7 Å². The van der Waals surface area contributed by atoms with Gasteiger partial charge in [0.1, 0.15) is 0 Å². The minimum absolute atomic E-state index is 0.0577. The highest BCUT2D eigenvalue weighted by atomic mass is 16.5. The molecule has 0 fully saturated rings. The van der Waals surface area contributed by atoms with E-state index in [-0.39, 0.29) is 24.6 Å². The van der Waals surface area contributed by atoms with Gasteiger partial charge in [-0.15, -0.1) is 0 Å². The largest absolute Gasteiger partial charge is 0.478 e. The van der Waals surface area contributed by atoms with Crippen molar-refractivity contribution in [1.29, 1.82) is 0 Å². The molecule has 0 radical (unpaired) electrons. The molecule has 0 bridgehead atoms. The van der Waals surface area contributed by atoms with E-state index in [4.69, 9.17) is 9.84 Å². The lowest BCUT2D eigenvalue weighted by Crippen LogP contribution is -2.27. The van der Waals surface area contributed by atoms with Crippen LogP contribution in [0.5, 0.6) is 0 Å². The zero-order valence-electron chi connectivity index (χ0n) is 19.2. The van der Waals surface area contributed by atoms with Crippen molar-refractivity contribution in [2.24, 2.45) is 0 Å². The minimum atomic E-state index is -1.01. The van der Waals surface area contributed by atoms with E-state index in [2.05, 4.69) is 22.2 Å². The Hall–Kier alpha value is -4.30. The Kier molecular flexibility index (Phi) is 7.32. The molecule has 0 saturated carbocycles. The van der Waals surface area contributed by atoms with Crippen LogP contribution in [0.15, 0.2) is 71.5 Å². The molecule has 1 heterocycles. The van der Waals surface area contributed by atoms with Gasteiger partial charge >= 0.3 is 5.97 Å². The molecule has 3 N–H and O–H groups in total. The number of fused-ring (bicyclic) bond motifs is 1. The summed E-state index contributed by atoms with van der Waals surface area (Å²) in [5.74, 6) is -1.53. The third-order valence-electron chi connectivity index (χ3n) is 5.59. The second-order valence-electron chi connectivity index (χ2n) is 8.08. The molecule has 8 nitrogen and oxygen atoms in total. The summed E-state index contributed by atoms with van der Waals surface area (Å²) in [4.78, 5) is 43.5. The van der Waals surface area contributed by atoms with Crippen molar-refractivity contribution in [2.45, 2.75) is 33.1 Å². The number of aromatic nitrogens is 2. The maximum absolute atomic E-state index is 12.8. The zero-order valence-corrected chi connectivity index (χ0v) is 19.2. The summed E-state index contributed by atoms with van der Waals surface area (Å²) in [6, 6.07) is 19.6.